The predicted octanol–water partition coefficient (Wildman–Crippen LogP) is 6.46. The topological polar surface area (TPSA) is 46.5 Å². The lowest BCUT2D eigenvalue weighted by Crippen LogP contribution is -2.00. The van der Waals surface area contributed by atoms with Crippen LogP contribution in [-0.4, -0.2) is 17.7 Å². The van der Waals surface area contributed by atoms with Gasteiger partial charge in [-0.2, -0.15) is 0 Å². The van der Waals surface area contributed by atoms with Crippen molar-refractivity contribution < 1.29 is 14.6 Å². The first-order chi connectivity index (χ1) is 11.7. The quantitative estimate of drug-likeness (QED) is 0.374. The van der Waals surface area contributed by atoms with Crippen LogP contribution < -0.4 is 4.74 Å². The van der Waals surface area contributed by atoms with E-state index in [0.717, 1.165) is 6.42 Å². The van der Waals surface area contributed by atoms with Gasteiger partial charge in [-0.3, -0.25) is 0 Å². The summed E-state index contributed by atoms with van der Waals surface area (Å²) in [4.78, 5) is 10.9. The molecule has 0 aliphatic heterocycles. The van der Waals surface area contributed by atoms with Crippen LogP contribution in [0.1, 0.15) is 94.3 Å². The molecule has 0 saturated heterocycles. The van der Waals surface area contributed by atoms with Crippen LogP contribution in [0.4, 0.5) is 0 Å². The van der Waals surface area contributed by atoms with Gasteiger partial charge in [-0.15, -0.1) is 0 Å². The molecule has 0 atom stereocenters. The lowest BCUT2D eigenvalue weighted by atomic mass is 10.1. The Kier molecular flexibility index (Phi) is 11.9. The summed E-state index contributed by atoms with van der Waals surface area (Å²) in [6.07, 6.45) is 15.9. The molecule has 0 spiro atoms. The molecule has 1 N–H and O–H groups in total. The number of carboxylic acid groups (broad SMARTS) is 1. The van der Waals surface area contributed by atoms with Crippen molar-refractivity contribution in [3.05, 3.63) is 29.8 Å². The second kappa shape index (κ2) is 13.9. The van der Waals surface area contributed by atoms with Crippen LogP contribution >= 0.6 is 0 Å². The van der Waals surface area contributed by atoms with E-state index < -0.39 is 5.97 Å². The third-order valence-electron chi connectivity index (χ3n) is 4.35. The molecule has 0 aliphatic carbocycles. The summed E-state index contributed by atoms with van der Waals surface area (Å²) in [5.74, 6) is -0.260. The van der Waals surface area contributed by atoms with Crippen LogP contribution in [0.2, 0.25) is 0 Å². The molecule has 0 fully saturated rings. The Bertz CT molecular complexity index is 442. The van der Waals surface area contributed by atoms with Crippen LogP contribution in [0.25, 0.3) is 0 Å². The Labute approximate surface area is 147 Å². The second-order valence-electron chi connectivity index (χ2n) is 6.57. The van der Waals surface area contributed by atoms with Gasteiger partial charge in [-0.25, -0.2) is 4.79 Å². The number of hydrogen-bond donors (Lipinski definition) is 1. The van der Waals surface area contributed by atoms with Crippen LogP contribution in [0.15, 0.2) is 24.3 Å². The fourth-order valence-electron chi connectivity index (χ4n) is 2.85. The third kappa shape index (κ3) is 10.3. The number of ether oxygens (including phenoxy) is 1. The molecule has 3 nitrogen and oxygen atoms in total. The van der Waals surface area contributed by atoms with Crippen LogP contribution in [-0.2, 0) is 0 Å². The van der Waals surface area contributed by atoms with Crippen molar-refractivity contribution in [1.82, 2.24) is 0 Å². The van der Waals surface area contributed by atoms with Gasteiger partial charge in [0.1, 0.15) is 5.75 Å². The number of unbranched alkanes of at least 4 members (excludes halogenated alkanes) is 11. The van der Waals surface area contributed by atoms with E-state index in [0.29, 0.717) is 12.4 Å². The lowest BCUT2D eigenvalue weighted by molar-refractivity contribution is 0.0696. The van der Waals surface area contributed by atoms with Gasteiger partial charge in [-0.1, -0.05) is 83.6 Å². The Morgan fingerprint density at radius 1 is 0.875 bits per heavy atom. The van der Waals surface area contributed by atoms with Crippen molar-refractivity contribution in [2.45, 2.75) is 84.0 Å². The van der Waals surface area contributed by atoms with E-state index in [9.17, 15) is 4.79 Å². The van der Waals surface area contributed by atoms with Crippen molar-refractivity contribution in [2.24, 2.45) is 0 Å². The van der Waals surface area contributed by atoms with Crippen molar-refractivity contribution >= 4 is 5.97 Å². The molecule has 0 amide bonds. The summed E-state index contributed by atoms with van der Waals surface area (Å²) in [7, 11) is 0. The first-order valence-electron chi connectivity index (χ1n) is 9.70. The Balaban J connectivity index is 1.90. The molecule has 24 heavy (non-hydrogen) atoms. The fraction of sp³-hybridized carbons (Fsp3) is 0.667. The maximum atomic E-state index is 10.9. The van der Waals surface area contributed by atoms with Gasteiger partial charge in [-0.05, 0) is 24.6 Å². The molecule has 3 heteroatoms. The Morgan fingerprint density at radius 3 is 1.96 bits per heavy atom. The summed E-state index contributed by atoms with van der Waals surface area (Å²) in [6, 6.07) is 6.70. The number of carboxylic acids is 1. The molecule has 0 saturated carbocycles. The normalized spacial score (nSPS) is 10.7. The van der Waals surface area contributed by atoms with Gasteiger partial charge >= 0.3 is 5.97 Å². The van der Waals surface area contributed by atoms with Crippen LogP contribution in [0, 0.1) is 0 Å². The van der Waals surface area contributed by atoms with Gasteiger partial charge < -0.3 is 9.84 Å². The molecule has 0 radical (unpaired) electrons. The number of rotatable bonds is 15. The molecule has 136 valence electrons. The zero-order chi connectivity index (χ0) is 17.5. The zero-order valence-electron chi connectivity index (χ0n) is 15.3. The molecular formula is C21H34O3. The first-order valence-corrected chi connectivity index (χ1v) is 9.70. The average molecular weight is 334 g/mol. The van der Waals surface area contributed by atoms with Gasteiger partial charge in [0.25, 0.3) is 0 Å². The predicted molar refractivity (Wildman–Crippen MR) is 100.0 cm³/mol. The highest BCUT2D eigenvalue weighted by Crippen LogP contribution is 2.15. The van der Waals surface area contributed by atoms with E-state index in [1.165, 1.54) is 70.6 Å². The molecule has 0 unspecified atom stereocenters. The van der Waals surface area contributed by atoms with Crippen LogP contribution in [0.5, 0.6) is 5.75 Å². The monoisotopic (exact) mass is 334 g/mol. The molecule has 0 heterocycles. The Hall–Kier alpha value is -1.51. The van der Waals surface area contributed by atoms with E-state index in [1.807, 2.05) is 6.07 Å². The molecule has 0 aromatic heterocycles. The lowest BCUT2D eigenvalue weighted by Gasteiger charge is -2.07. The van der Waals surface area contributed by atoms with Crippen molar-refractivity contribution in [3.63, 3.8) is 0 Å². The van der Waals surface area contributed by atoms with Gasteiger partial charge in [0, 0.05) is 0 Å². The van der Waals surface area contributed by atoms with Gasteiger partial charge in [0.05, 0.1) is 12.2 Å². The Morgan fingerprint density at radius 2 is 1.42 bits per heavy atom. The largest absolute Gasteiger partial charge is 0.494 e. The van der Waals surface area contributed by atoms with E-state index in [1.54, 1.807) is 18.2 Å². The maximum absolute atomic E-state index is 10.9. The fourth-order valence-corrected chi connectivity index (χ4v) is 2.85. The summed E-state index contributed by atoms with van der Waals surface area (Å²) in [6.45, 7) is 2.93. The number of hydrogen-bond acceptors (Lipinski definition) is 2. The zero-order valence-corrected chi connectivity index (χ0v) is 15.3. The molecule has 1 aromatic carbocycles. The van der Waals surface area contributed by atoms with E-state index in [4.69, 9.17) is 9.84 Å². The van der Waals surface area contributed by atoms with Crippen LogP contribution in [0.3, 0.4) is 0 Å². The molecule has 1 rings (SSSR count). The molecule has 0 bridgehead atoms. The molecular weight excluding hydrogens is 300 g/mol. The van der Waals surface area contributed by atoms with Gasteiger partial charge in [0.15, 0.2) is 0 Å². The molecule has 1 aromatic rings. The third-order valence-corrected chi connectivity index (χ3v) is 4.35. The van der Waals surface area contributed by atoms with Crippen molar-refractivity contribution in [3.8, 4) is 5.75 Å². The summed E-state index contributed by atoms with van der Waals surface area (Å²) in [5, 5.41) is 8.94. The summed E-state index contributed by atoms with van der Waals surface area (Å²) >= 11 is 0. The second-order valence-corrected chi connectivity index (χ2v) is 6.57. The first kappa shape index (κ1) is 20.5. The van der Waals surface area contributed by atoms with Crippen molar-refractivity contribution in [2.75, 3.05) is 6.61 Å². The highest BCUT2D eigenvalue weighted by Gasteiger charge is 2.03. The minimum Gasteiger partial charge on any atom is -0.494 e. The van der Waals surface area contributed by atoms with E-state index in [-0.39, 0.29) is 5.56 Å². The van der Waals surface area contributed by atoms with Gasteiger partial charge in [0.2, 0.25) is 0 Å². The number of carbonyl (C=O) groups is 1. The highest BCUT2D eigenvalue weighted by molar-refractivity contribution is 5.87. The minimum atomic E-state index is -0.911. The van der Waals surface area contributed by atoms with Crippen molar-refractivity contribution in [1.29, 1.82) is 0 Å². The minimum absolute atomic E-state index is 0.280. The highest BCUT2D eigenvalue weighted by atomic mass is 16.5. The SMILES string of the molecule is CCCCCCCCCCCCCCOc1cccc(C(=O)O)c1. The molecule has 0 aliphatic rings. The van der Waals surface area contributed by atoms with E-state index >= 15 is 0 Å². The number of benzene rings is 1. The maximum Gasteiger partial charge on any atom is 0.335 e. The summed E-state index contributed by atoms with van der Waals surface area (Å²) in [5.41, 5.74) is 0.280. The summed E-state index contributed by atoms with van der Waals surface area (Å²) < 4.78 is 5.63. The number of aromatic carboxylic acids is 1. The smallest absolute Gasteiger partial charge is 0.335 e. The van der Waals surface area contributed by atoms with E-state index in [2.05, 4.69) is 6.92 Å². The average Bonchev–Trinajstić information content (AvgIpc) is 2.59. The standard InChI is InChI=1S/C21H34O3/c1-2-3-4-5-6-7-8-9-10-11-12-13-17-24-20-16-14-15-19(18-20)21(22)23/h14-16,18H,2-13,17H2,1H3,(H,22,23).